The molecule has 0 bridgehead atoms. The Morgan fingerprint density at radius 2 is 1.82 bits per heavy atom. The Morgan fingerprint density at radius 1 is 1.11 bits per heavy atom. The Labute approximate surface area is 169 Å². The van der Waals surface area contributed by atoms with Crippen LogP contribution in [0.3, 0.4) is 0 Å². The van der Waals surface area contributed by atoms with E-state index in [0.29, 0.717) is 5.69 Å². The predicted molar refractivity (Wildman–Crippen MR) is 105 cm³/mol. The summed E-state index contributed by atoms with van der Waals surface area (Å²) in [5.74, 6) is -0.988. The van der Waals surface area contributed by atoms with Crippen molar-refractivity contribution < 1.29 is 22.8 Å². The fourth-order valence-corrected chi connectivity index (χ4v) is 3.26. The van der Waals surface area contributed by atoms with E-state index >= 15 is 0 Å². The number of rotatable bonds is 6. The fraction of sp³-hybridized carbons (Fsp3) is 0.263. The lowest BCUT2D eigenvalue weighted by molar-refractivity contribution is -0.137. The normalized spacial score (nSPS) is 11.2. The van der Waals surface area contributed by atoms with Crippen LogP contribution in [0.1, 0.15) is 16.7 Å². The number of hydrogen-bond acceptors (Lipinski definition) is 3. The number of thioether (sulfide) groups is 1. The van der Waals surface area contributed by atoms with E-state index in [1.54, 1.807) is 6.07 Å². The highest BCUT2D eigenvalue weighted by molar-refractivity contribution is 8.00. The second-order valence-electron chi connectivity index (χ2n) is 6.00. The van der Waals surface area contributed by atoms with Crippen molar-refractivity contribution in [3.05, 3.63) is 58.1 Å². The van der Waals surface area contributed by atoms with E-state index in [-0.39, 0.29) is 17.2 Å². The summed E-state index contributed by atoms with van der Waals surface area (Å²) in [6, 6.07) is 8.94. The average Bonchev–Trinajstić information content (AvgIpc) is 2.62. The van der Waals surface area contributed by atoms with Gasteiger partial charge in [-0.3, -0.25) is 9.59 Å². The first kappa shape index (κ1) is 22.1. The number of benzene rings is 2. The Kier molecular flexibility index (Phi) is 7.37. The van der Waals surface area contributed by atoms with Gasteiger partial charge in [0.2, 0.25) is 11.8 Å². The van der Waals surface area contributed by atoms with Crippen molar-refractivity contribution in [3.63, 3.8) is 0 Å². The number of amides is 2. The summed E-state index contributed by atoms with van der Waals surface area (Å²) in [5, 5.41) is 4.75. The molecule has 2 amide bonds. The maximum Gasteiger partial charge on any atom is 0.417 e. The number of aryl methyl sites for hydroxylation is 1. The Hall–Kier alpha value is -2.19. The van der Waals surface area contributed by atoms with Crippen LogP contribution in [-0.4, -0.2) is 24.1 Å². The van der Waals surface area contributed by atoms with Gasteiger partial charge in [0.15, 0.2) is 0 Å². The van der Waals surface area contributed by atoms with Crippen LogP contribution in [0.15, 0.2) is 41.3 Å². The molecule has 0 aliphatic heterocycles. The predicted octanol–water partition coefficient (Wildman–Crippen LogP) is 4.82. The SMILES string of the molecule is Cc1cccc(NC(=O)CNC(=O)CSc2ccc(Cl)c(C(F)(F)F)c2)c1C. The van der Waals surface area contributed by atoms with Gasteiger partial charge in [0.25, 0.3) is 0 Å². The molecule has 0 saturated carbocycles. The molecule has 0 atom stereocenters. The molecule has 2 aromatic carbocycles. The van der Waals surface area contributed by atoms with Crippen LogP contribution in [0.4, 0.5) is 18.9 Å². The summed E-state index contributed by atoms with van der Waals surface area (Å²) in [7, 11) is 0. The van der Waals surface area contributed by atoms with Gasteiger partial charge in [-0.05, 0) is 49.2 Å². The van der Waals surface area contributed by atoms with Crippen LogP contribution >= 0.6 is 23.4 Å². The molecular weight excluding hydrogens is 413 g/mol. The number of halogens is 4. The molecule has 0 aliphatic rings. The van der Waals surface area contributed by atoms with Gasteiger partial charge in [0, 0.05) is 10.6 Å². The minimum atomic E-state index is -4.57. The summed E-state index contributed by atoms with van der Waals surface area (Å²) in [4.78, 5) is 24.1. The second kappa shape index (κ2) is 9.34. The molecule has 0 saturated heterocycles. The minimum absolute atomic E-state index is 0.129. The van der Waals surface area contributed by atoms with Crippen LogP contribution in [0.25, 0.3) is 0 Å². The van der Waals surface area contributed by atoms with Crippen molar-refractivity contribution in [2.75, 3.05) is 17.6 Å². The summed E-state index contributed by atoms with van der Waals surface area (Å²) in [5.41, 5.74) is 1.67. The van der Waals surface area contributed by atoms with Gasteiger partial charge >= 0.3 is 6.18 Å². The van der Waals surface area contributed by atoms with Crippen molar-refractivity contribution >= 4 is 40.9 Å². The number of carbonyl (C=O) groups is 2. The lowest BCUT2D eigenvalue weighted by atomic mass is 10.1. The van der Waals surface area contributed by atoms with Crippen molar-refractivity contribution in [2.24, 2.45) is 0 Å². The third kappa shape index (κ3) is 6.17. The minimum Gasteiger partial charge on any atom is -0.346 e. The van der Waals surface area contributed by atoms with Crippen molar-refractivity contribution in [1.82, 2.24) is 5.32 Å². The summed E-state index contributed by atoms with van der Waals surface area (Å²) >= 11 is 6.49. The van der Waals surface area contributed by atoms with E-state index < -0.39 is 28.6 Å². The van der Waals surface area contributed by atoms with E-state index in [0.717, 1.165) is 35.0 Å². The van der Waals surface area contributed by atoms with Gasteiger partial charge in [-0.2, -0.15) is 13.2 Å². The summed E-state index contributed by atoms with van der Waals surface area (Å²) in [6.07, 6.45) is -4.57. The third-order valence-corrected chi connectivity index (χ3v) is 5.26. The molecule has 0 radical (unpaired) electrons. The highest BCUT2D eigenvalue weighted by Crippen LogP contribution is 2.36. The first-order valence-electron chi connectivity index (χ1n) is 8.20. The standard InChI is InChI=1S/C19H18ClF3N2O2S/c1-11-4-3-5-16(12(11)2)25-17(26)9-24-18(27)10-28-13-6-7-15(20)14(8-13)19(21,22)23/h3-8H,9-10H2,1-2H3,(H,24,27)(H,25,26). The molecule has 28 heavy (non-hydrogen) atoms. The van der Waals surface area contributed by atoms with E-state index in [1.807, 2.05) is 26.0 Å². The van der Waals surface area contributed by atoms with Gasteiger partial charge in [-0.25, -0.2) is 0 Å². The van der Waals surface area contributed by atoms with Gasteiger partial charge in [0.05, 0.1) is 22.9 Å². The van der Waals surface area contributed by atoms with E-state index in [4.69, 9.17) is 11.6 Å². The first-order chi connectivity index (χ1) is 13.1. The number of hydrogen-bond donors (Lipinski definition) is 2. The number of carbonyl (C=O) groups excluding carboxylic acids is 2. The topological polar surface area (TPSA) is 58.2 Å². The maximum absolute atomic E-state index is 12.9. The number of alkyl halides is 3. The monoisotopic (exact) mass is 430 g/mol. The Bertz CT molecular complexity index is 888. The molecule has 0 fully saturated rings. The molecule has 2 N–H and O–H groups in total. The van der Waals surface area contributed by atoms with Crippen molar-refractivity contribution in [3.8, 4) is 0 Å². The first-order valence-corrected chi connectivity index (χ1v) is 9.56. The Morgan fingerprint density at radius 3 is 2.50 bits per heavy atom. The van der Waals surface area contributed by atoms with E-state index in [2.05, 4.69) is 10.6 Å². The van der Waals surface area contributed by atoms with Gasteiger partial charge in [0.1, 0.15) is 0 Å². The number of anilines is 1. The molecule has 2 rings (SSSR count). The van der Waals surface area contributed by atoms with Gasteiger partial charge in [-0.15, -0.1) is 11.8 Å². The molecule has 2 aromatic rings. The van der Waals surface area contributed by atoms with Crippen LogP contribution in [0, 0.1) is 13.8 Å². The van der Waals surface area contributed by atoms with Gasteiger partial charge in [-0.1, -0.05) is 23.7 Å². The van der Waals surface area contributed by atoms with Crippen LogP contribution < -0.4 is 10.6 Å². The number of nitrogens with one attached hydrogen (secondary N) is 2. The lowest BCUT2D eigenvalue weighted by Gasteiger charge is -2.12. The molecule has 4 nitrogen and oxygen atoms in total. The largest absolute Gasteiger partial charge is 0.417 e. The zero-order valence-electron chi connectivity index (χ0n) is 15.1. The highest BCUT2D eigenvalue weighted by atomic mass is 35.5. The Balaban J connectivity index is 1.85. The smallest absolute Gasteiger partial charge is 0.346 e. The van der Waals surface area contributed by atoms with Gasteiger partial charge < -0.3 is 10.6 Å². The maximum atomic E-state index is 12.9. The van der Waals surface area contributed by atoms with E-state index in [9.17, 15) is 22.8 Å². The molecule has 9 heteroatoms. The molecule has 0 aromatic heterocycles. The van der Waals surface area contributed by atoms with Crippen molar-refractivity contribution in [1.29, 1.82) is 0 Å². The average molecular weight is 431 g/mol. The van der Waals surface area contributed by atoms with Crippen LogP contribution in [0.2, 0.25) is 5.02 Å². The second-order valence-corrected chi connectivity index (χ2v) is 7.46. The molecule has 0 unspecified atom stereocenters. The zero-order chi connectivity index (χ0) is 20.9. The lowest BCUT2D eigenvalue weighted by Crippen LogP contribution is -2.34. The van der Waals surface area contributed by atoms with Crippen molar-refractivity contribution in [2.45, 2.75) is 24.9 Å². The molecule has 150 valence electrons. The van der Waals surface area contributed by atoms with Crippen LogP contribution in [0.5, 0.6) is 0 Å². The highest BCUT2D eigenvalue weighted by Gasteiger charge is 2.33. The summed E-state index contributed by atoms with van der Waals surface area (Å²) in [6.45, 7) is 3.56. The van der Waals surface area contributed by atoms with E-state index in [1.165, 1.54) is 6.07 Å². The third-order valence-electron chi connectivity index (χ3n) is 3.94. The molecule has 0 heterocycles. The summed E-state index contributed by atoms with van der Waals surface area (Å²) < 4.78 is 38.6. The molecule has 0 spiro atoms. The quantitative estimate of drug-likeness (QED) is 0.646. The zero-order valence-corrected chi connectivity index (χ0v) is 16.7. The molecule has 0 aliphatic carbocycles. The fourth-order valence-electron chi connectivity index (χ4n) is 2.27. The van der Waals surface area contributed by atoms with Crippen LogP contribution in [-0.2, 0) is 15.8 Å². The molecular formula is C19H18ClF3N2O2S.